The Labute approximate surface area is 262 Å². The number of anilines is 2. The highest BCUT2D eigenvalue weighted by molar-refractivity contribution is 6.30. The molecule has 232 valence electrons. The lowest BCUT2D eigenvalue weighted by molar-refractivity contribution is 0.0697. The van der Waals surface area contributed by atoms with E-state index in [1.54, 1.807) is 41.3 Å². The molecule has 2 aliphatic heterocycles. The number of ether oxygens (including phenoxy) is 2. The number of imidazole rings is 1. The molecule has 13 heteroatoms. The zero-order valence-electron chi connectivity index (χ0n) is 24.4. The number of pyridine rings is 1. The highest BCUT2D eigenvalue weighted by atomic mass is 35.5. The van der Waals surface area contributed by atoms with Gasteiger partial charge in [-0.05, 0) is 43.2 Å². The quantitative estimate of drug-likeness (QED) is 0.236. The Morgan fingerprint density at radius 2 is 1.82 bits per heavy atom. The Morgan fingerprint density at radius 3 is 2.51 bits per heavy atom. The van der Waals surface area contributed by atoms with Crippen LogP contribution in [0.5, 0.6) is 11.6 Å². The zero-order valence-corrected chi connectivity index (χ0v) is 25.2. The number of methoxy groups -OCH3 is 1. The lowest BCUT2D eigenvalue weighted by atomic mass is 9.73. The third-order valence-corrected chi connectivity index (χ3v) is 9.29. The normalized spacial score (nSPS) is 17.5. The fourth-order valence-corrected chi connectivity index (χ4v) is 6.64. The summed E-state index contributed by atoms with van der Waals surface area (Å²) in [6, 6.07) is 13.0. The number of hydrogen-bond donors (Lipinski definition) is 1. The van der Waals surface area contributed by atoms with Crippen molar-refractivity contribution in [2.45, 2.75) is 32.4 Å². The van der Waals surface area contributed by atoms with Gasteiger partial charge in [-0.3, -0.25) is 0 Å². The van der Waals surface area contributed by atoms with Crippen LogP contribution in [0.4, 0.5) is 20.5 Å². The molecule has 10 nitrogen and oxygen atoms in total. The van der Waals surface area contributed by atoms with E-state index >= 15 is 0 Å². The molecule has 0 amide bonds. The monoisotopic (exact) mass is 634 g/mol. The van der Waals surface area contributed by atoms with Crippen LogP contribution >= 0.6 is 11.6 Å². The summed E-state index contributed by atoms with van der Waals surface area (Å²) in [6.45, 7) is 2.90. The van der Waals surface area contributed by atoms with Gasteiger partial charge in [-0.15, -0.1) is 0 Å². The summed E-state index contributed by atoms with van der Waals surface area (Å²) < 4.78 is 42.5. The van der Waals surface area contributed by atoms with Crippen molar-refractivity contribution in [2.24, 2.45) is 10.8 Å². The average Bonchev–Trinajstić information content (AvgIpc) is 3.64. The van der Waals surface area contributed by atoms with E-state index in [1.165, 1.54) is 7.11 Å². The minimum absolute atomic E-state index is 0.0270. The van der Waals surface area contributed by atoms with Gasteiger partial charge in [-0.2, -0.15) is 10.2 Å². The fraction of sp³-hybridized carbons (Fsp3) is 0.375. The van der Waals surface area contributed by atoms with Crippen molar-refractivity contribution < 1.29 is 28.2 Å². The first-order valence-electron chi connectivity index (χ1n) is 14.5. The first-order valence-corrected chi connectivity index (χ1v) is 14.9. The maximum Gasteiger partial charge on any atom is 0.335 e. The van der Waals surface area contributed by atoms with Gasteiger partial charge in [-0.1, -0.05) is 17.7 Å². The number of rotatable bonds is 10. The summed E-state index contributed by atoms with van der Waals surface area (Å²) in [7, 11) is 1.49. The van der Waals surface area contributed by atoms with Crippen LogP contribution in [0.15, 0.2) is 42.5 Å². The molecule has 7 rings (SSSR count). The van der Waals surface area contributed by atoms with Crippen LogP contribution in [0.25, 0.3) is 11.0 Å². The van der Waals surface area contributed by atoms with E-state index in [1.807, 2.05) is 0 Å². The first kappa shape index (κ1) is 29.1. The molecule has 0 bridgehead atoms. The second-order valence-electron chi connectivity index (χ2n) is 12.4. The second-order valence-corrected chi connectivity index (χ2v) is 12.8. The van der Waals surface area contributed by atoms with Gasteiger partial charge in [0.05, 0.1) is 29.8 Å². The van der Waals surface area contributed by atoms with Crippen molar-refractivity contribution in [2.75, 3.05) is 43.1 Å². The second kappa shape index (κ2) is 10.8. The Kier molecular flexibility index (Phi) is 6.96. The van der Waals surface area contributed by atoms with Crippen molar-refractivity contribution in [3.63, 3.8) is 0 Å². The highest BCUT2D eigenvalue weighted by Crippen LogP contribution is 2.52. The number of nitriles is 1. The molecule has 0 radical (unpaired) electrons. The largest absolute Gasteiger partial charge is 0.496 e. The Hall–Kier alpha value is -4.63. The molecule has 3 aliphatic rings. The molecule has 1 aliphatic carbocycles. The maximum atomic E-state index is 14.9. The van der Waals surface area contributed by atoms with E-state index < -0.39 is 17.6 Å². The molecule has 4 heterocycles. The van der Waals surface area contributed by atoms with Crippen LogP contribution in [0, 0.1) is 33.8 Å². The van der Waals surface area contributed by atoms with Gasteiger partial charge in [0.15, 0.2) is 17.5 Å². The molecule has 45 heavy (non-hydrogen) atoms. The van der Waals surface area contributed by atoms with Crippen molar-refractivity contribution in [3.8, 4) is 17.7 Å². The molecule has 2 aromatic carbocycles. The smallest absolute Gasteiger partial charge is 0.335 e. The minimum Gasteiger partial charge on any atom is -0.496 e. The van der Waals surface area contributed by atoms with Gasteiger partial charge in [0, 0.05) is 66.6 Å². The predicted octanol–water partition coefficient (Wildman–Crippen LogP) is 5.67. The van der Waals surface area contributed by atoms with Crippen LogP contribution in [0.1, 0.15) is 35.2 Å². The number of carbonyl (C=O) groups is 1. The van der Waals surface area contributed by atoms with E-state index in [9.17, 15) is 23.9 Å². The number of carboxylic acid groups (broad SMARTS) is 1. The van der Waals surface area contributed by atoms with Crippen LogP contribution in [-0.4, -0.2) is 58.9 Å². The molecule has 0 unspecified atom stereocenters. The van der Waals surface area contributed by atoms with Crippen LogP contribution in [-0.2, 0) is 13.2 Å². The maximum absolute atomic E-state index is 14.9. The highest BCUT2D eigenvalue weighted by Gasteiger charge is 2.54. The molecule has 2 aromatic heterocycles. The molecule has 0 atom stereocenters. The molecule has 1 saturated carbocycles. The Bertz CT molecular complexity index is 1870. The molecular formula is C32H29ClF2N6O4. The van der Waals surface area contributed by atoms with Gasteiger partial charge >= 0.3 is 5.97 Å². The molecule has 1 N–H and O–H groups in total. The fourth-order valence-electron chi connectivity index (χ4n) is 6.48. The Balaban J connectivity index is 1.07. The van der Waals surface area contributed by atoms with Crippen molar-refractivity contribution in [3.05, 3.63) is 70.2 Å². The summed E-state index contributed by atoms with van der Waals surface area (Å²) in [5.41, 5.74) is 1.98. The number of halogens is 3. The lowest BCUT2D eigenvalue weighted by Crippen LogP contribution is -2.73. The van der Waals surface area contributed by atoms with Crippen LogP contribution < -0.4 is 19.3 Å². The summed E-state index contributed by atoms with van der Waals surface area (Å²) >= 11 is 6.02. The van der Waals surface area contributed by atoms with E-state index in [0.29, 0.717) is 61.0 Å². The number of aromatic nitrogens is 3. The number of aromatic carboxylic acids is 1. The number of benzene rings is 2. The summed E-state index contributed by atoms with van der Waals surface area (Å²) in [6.07, 6.45) is 2.30. The number of hydrogen-bond acceptors (Lipinski definition) is 8. The van der Waals surface area contributed by atoms with Crippen molar-refractivity contribution in [1.29, 1.82) is 5.26 Å². The molecular weight excluding hydrogens is 606 g/mol. The van der Waals surface area contributed by atoms with E-state index in [-0.39, 0.29) is 34.7 Å². The average molecular weight is 635 g/mol. The first-order chi connectivity index (χ1) is 21.6. The molecule has 1 spiro atoms. The third kappa shape index (κ3) is 5.25. The van der Waals surface area contributed by atoms with Gasteiger partial charge < -0.3 is 28.9 Å². The summed E-state index contributed by atoms with van der Waals surface area (Å²) in [5, 5.41) is 19.4. The zero-order chi connectivity index (χ0) is 31.5. The summed E-state index contributed by atoms with van der Waals surface area (Å²) in [4.78, 5) is 24.7. The number of carboxylic acids is 1. The lowest BCUT2D eigenvalue weighted by Gasteiger charge is -2.60. The van der Waals surface area contributed by atoms with E-state index in [4.69, 9.17) is 26.1 Å². The molecule has 3 fully saturated rings. The van der Waals surface area contributed by atoms with Gasteiger partial charge in [-0.25, -0.2) is 18.6 Å². The van der Waals surface area contributed by atoms with Gasteiger partial charge in [0.2, 0.25) is 5.95 Å². The summed E-state index contributed by atoms with van der Waals surface area (Å²) in [5.74, 6) is -1.73. The SMILES string of the molecule is COc1cc(Cl)ccc1COc1nc(N2CC3(C2)CN(c2nc4ccc(C(=O)O)cc4n2CC2(CC#N)CC2)C3)c(F)cc1F. The van der Waals surface area contributed by atoms with Gasteiger partial charge in [0.25, 0.3) is 5.88 Å². The van der Waals surface area contributed by atoms with Crippen LogP contribution in [0.3, 0.4) is 0 Å². The van der Waals surface area contributed by atoms with Gasteiger partial charge in [0.1, 0.15) is 12.4 Å². The topological polar surface area (TPSA) is 117 Å². The third-order valence-electron chi connectivity index (χ3n) is 9.06. The van der Waals surface area contributed by atoms with Crippen molar-refractivity contribution in [1.82, 2.24) is 14.5 Å². The van der Waals surface area contributed by atoms with Crippen LogP contribution in [0.2, 0.25) is 5.02 Å². The molecule has 2 saturated heterocycles. The van der Waals surface area contributed by atoms with E-state index in [2.05, 4.69) is 20.5 Å². The number of fused-ring (bicyclic) bond motifs is 1. The minimum atomic E-state index is -1.01. The predicted molar refractivity (Wildman–Crippen MR) is 162 cm³/mol. The van der Waals surface area contributed by atoms with E-state index in [0.717, 1.165) is 30.4 Å². The number of nitrogens with zero attached hydrogens (tertiary/aromatic N) is 6. The standard InChI is InChI=1S/C32H29ClF2N6O4/c1-44-26-11-21(33)4-2-20(26)13-45-28-23(35)12-22(34)27(38-28)39-14-32(15-39)16-40(17-32)30-37-24-5-3-19(29(42)43)10-25(24)41(30)18-31(6-7-31)8-9-36/h2-5,10-12H,6-8,13-18H2,1H3,(H,42,43). The Morgan fingerprint density at radius 1 is 1.07 bits per heavy atom. The molecule has 4 aromatic rings. The van der Waals surface area contributed by atoms with Crippen molar-refractivity contribution >= 4 is 40.4 Å².